The Balaban J connectivity index is 2.30. The van der Waals surface area contributed by atoms with E-state index in [1.54, 1.807) is 11.8 Å². The van der Waals surface area contributed by atoms with E-state index in [-0.39, 0.29) is 0 Å². The quantitative estimate of drug-likeness (QED) is 0.838. The SMILES string of the molecule is Cc1ccc(Sc2nc(C)[nH]c2N)c(C)c1. The van der Waals surface area contributed by atoms with Crippen molar-refractivity contribution in [1.82, 2.24) is 9.97 Å². The van der Waals surface area contributed by atoms with Crippen molar-refractivity contribution in [3.05, 3.63) is 35.2 Å². The summed E-state index contributed by atoms with van der Waals surface area (Å²) >= 11 is 1.60. The van der Waals surface area contributed by atoms with E-state index in [2.05, 4.69) is 42.0 Å². The zero-order valence-electron chi connectivity index (χ0n) is 9.66. The van der Waals surface area contributed by atoms with Gasteiger partial charge in [0.25, 0.3) is 0 Å². The second kappa shape index (κ2) is 4.22. The van der Waals surface area contributed by atoms with Gasteiger partial charge in [0.05, 0.1) is 0 Å². The van der Waals surface area contributed by atoms with E-state index < -0.39 is 0 Å². The molecule has 4 heteroatoms. The fourth-order valence-corrected chi connectivity index (χ4v) is 2.49. The first kappa shape index (κ1) is 11.1. The fourth-order valence-electron chi connectivity index (χ4n) is 1.58. The number of imidazole rings is 1. The minimum Gasteiger partial charge on any atom is -0.383 e. The summed E-state index contributed by atoms with van der Waals surface area (Å²) in [5.41, 5.74) is 8.36. The van der Waals surface area contributed by atoms with E-state index in [1.165, 1.54) is 16.0 Å². The summed E-state index contributed by atoms with van der Waals surface area (Å²) in [4.78, 5) is 8.55. The molecule has 0 unspecified atom stereocenters. The largest absolute Gasteiger partial charge is 0.383 e. The number of hydrogen-bond acceptors (Lipinski definition) is 3. The monoisotopic (exact) mass is 233 g/mol. The van der Waals surface area contributed by atoms with E-state index in [1.807, 2.05) is 6.92 Å². The number of nitrogen functional groups attached to an aromatic ring is 1. The van der Waals surface area contributed by atoms with Gasteiger partial charge in [0.1, 0.15) is 16.7 Å². The molecule has 84 valence electrons. The molecular formula is C12H15N3S. The highest BCUT2D eigenvalue weighted by atomic mass is 32.2. The minimum atomic E-state index is 0.641. The number of aromatic nitrogens is 2. The van der Waals surface area contributed by atoms with Crippen LogP contribution in [0.2, 0.25) is 0 Å². The highest BCUT2D eigenvalue weighted by Crippen LogP contribution is 2.32. The summed E-state index contributed by atoms with van der Waals surface area (Å²) in [6.45, 7) is 6.10. The van der Waals surface area contributed by atoms with Gasteiger partial charge in [0.2, 0.25) is 0 Å². The molecule has 3 nitrogen and oxygen atoms in total. The van der Waals surface area contributed by atoms with Gasteiger partial charge in [-0.1, -0.05) is 29.5 Å². The maximum absolute atomic E-state index is 5.83. The summed E-state index contributed by atoms with van der Waals surface area (Å²) in [6, 6.07) is 6.38. The van der Waals surface area contributed by atoms with Gasteiger partial charge in [-0.2, -0.15) is 0 Å². The summed E-state index contributed by atoms with van der Waals surface area (Å²) in [6.07, 6.45) is 0. The number of aryl methyl sites for hydroxylation is 3. The van der Waals surface area contributed by atoms with Crippen molar-refractivity contribution < 1.29 is 0 Å². The number of H-pyrrole nitrogens is 1. The maximum Gasteiger partial charge on any atom is 0.143 e. The molecule has 0 saturated carbocycles. The van der Waals surface area contributed by atoms with Gasteiger partial charge in [0.15, 0.2) is 0 Å². The number of nitrogens with zero attached hydrogens (tertiary/aromatic N) is 1. The van der Waals surface area contributed by atoms with Crippen LogP contribution in [0.5, 0.6) is 0 Å². The lowest BCUT2D eigenvalue weighted by molar-refractivity contribution is 1.10. The van der Waals surface area contributed by atoms with Crippen molar-refractivity contribution in [2.24, 2.45) is 0 Å². The van der Waals surface area contributed by atoms with Gasteiger partial charge in [-0.25, -0.2) is 4.98 Å². The predicted molar refractivity (Wildman–Crippen MR) is 67.8 cm³/mol. The molecule has 0 saturated heterocycles. The van der Waals surface area contributed by atoms with Gasteiger partial charge in [-0.05, 0) is 32.4 Å². The third kappa shape index (κ3) is 2.22. The molecule has 2 aromatic rings. The lowest BCUT2D eigenvalue weighted by Crippen LogP contribution is -1.87. The molecule has 1 heterocycles. The van der Waals surface area contributed by atoms with Crippen LogP contribution in [0.25, 0.3) is 0 Å². The number of nitrogens with two attached hydrogens (primary N) is 1. The van der Waals surface area contributed by atoms with Gasteiger partial charge < -0.3 is 10.7 Å². The van der Waals surface area contributed by atoms with E-state index in [0.29, 0.717) is 5.82 Å². The first-order valence-corrected chi connectivity index (χ1v) is 5.95. The first-order valence-electron chi connectivity index (χ1n) is 5.13. The normalized spacial score (nSPS) is 10.7. The summed E-state index contributed by atoms with van der Waals surface area (Å²) in [7, 11) is 0. The van der Waals surface area contributed by atoms with E-state index in [0.717, 1.165) is 10.9 Å². The Labute approximate surface area is 99.5 Å². The fraction of sp³-hybridized carbons (Fsp3) is 0.250. The number of benzene rings is 1. The smallest absolute Gasteiger partial charge is 0.143 e. The van der Waals surface area contributed by atoms with Crippen molar-refractivity contribution in [1.29, 1.82) is 0 Å². The summed E-state index contributed by atoms with van der Waals surface area (Å²) in [5, 5.41) is 0.851. The summed E-state index contributed by atoms with van der Waals surface area (Å²) in [5.74, 6) is 1.49. The average molecular weight is 233 g/mol. The number of aromatic amines is 1. The van der Waals surface area contributed by atoms with Crippen LogP contribution >= 0.6 is 11.8 Å². The number of anilines is 1. The minimum absolute atomic E-state index is 0.641. The van der Waals surface area contributed by atoms with Crippen molar-refractivity contribution in [3.63, 3.8) is 0 Å². The Kier molecular flexibility index (Phi) is 2.92. The Bertz CT molecular complexity index is 517. The van der Waals surface area contributed by atoms with Crippen molar-refractivity contribution in [2.45, 2.75) is 30.7 Å². The maximum atomic E-state index is 5.83. The van der Waals surface area contributed by atoms with Crippen LogP contribution in [-0.2, 0) is 0 Å². The van der Waals surface area contributed by atoms with Crippen LogP contribution in [0.15, 0.2) is 28.1 Å². The lowest BCUT2D eigenvalue weighted by Gasteiger charge is -2.04. The molecule has 0 aliphatic carbocycles. The molecule has 16 heavy (non-hydrogen) atoms. The lowest BCUT2D eigenvalue weighted by atomic mass is 10.2. The summed E-state index contributed by atoms with van der Waals surface area (Å²) < 4.78 is 0. The zero-order valence-corrected chi connectivity index (χ0v) is 10.5. The van der Waals surface area contributed by atoms with Crippen molar-refractivity contribution >= 4 is 17.6 Å². The van der Waals surface area contributed by atoms with Gasteiger partial charge in [-0.3, -0.25) is 0 Å². The standard InChI is InChI=1S/C12H15N3S/c1-7-4-5-10(8(2)6-7)16-12-11(13)14-9(3)15-12/h4-6H,13H2,1-3H3,(H,14,15). The van der Waals surface area contributed by atoms with Crippen LogP contribution in [0, 0.1) is 20.8 Å². The third-order valence-electron chi connectivity index (χ3n) is 2.35. The first-order chi connectivity index (χ1) is 7.56. The molecule has 0 amide bonds. The predicted octanol–water partition coefficient (Wildman–Crippen LogP) is 3.07. The van der Waals surface area contributed by atoms with Crippen molar-refractivity contribution in [3.8, 4) is 0 Å². The van der Waals surface area contributed by atoms with Crippen LogP contribution in [0.4, 0.5) is 5.82 Å². The van der Waals surface area contributed by atoms with Gasteiger partial charge in [-0.15, -0.1) is 0 Å². The average Bonchev–Trinajstić information content (AvgIpc) is 2.50. The van der Waals surface area contributed by atoms with E-state index >= 15 is 0 Å². The molecule has 1 aromatic heterocycles. The van der Waals surface area contributed by atoms with Crippen molar-refractivity contribution in [2.75, 3.05) is 5.73 Å². The molecule has 2 rings (SSSR count). The molecule has 3 N–H and O–H groups in total. The third-order valence-corrected chi connectivity index (χ3v) is 3.53. The van der Waals surface area contributed by atoms with Crippen LogP contribution in [0.1, 0.15) is 17.0 Å². The Morgan fingerprint density at radius 2 is 2.00 bits per heavy atom. The Morgan fingerprint density at radius 3 is 2.56 bits per heavy atom. The molecule has 1 aromatic carbocycles. The second-order valence-electron chi connectivity index (χ2n) is 3.91. The molecule has 0 fully saturated rings. The van der Waals surface area contributed by atoms with E-state index in [4.69, 9.17) is 5.73 Å². The van der Waals surface area contributed by atoms with Gasteiger partial charge in [0, 0.05) is 4.90 Å². The van der Waals surface area contributed by atoms with Crippen LogP contribution in [0.3, 0.4) is 0 Å². The molecule has 0 aliphatic rings. The Morgan fingerprint density at radius 1 is 1.25 bits per heavy atom. The van der Waals surface area contributed by atoms with Gasteiger partial charge >= 0.3 is 0 Å². The van der Waals surface area contributed by atoms with E-state index in [9.17, 15) is 0 Å². The van der Waals surface area contributed by atoms with Crippen LogP contribution in [-0.4, -0.2) is 9.97 Å². The number of rotatable bonds is 2. The topological polar surface area (TPSA) is 54.7 Å². The highest BCUT2D eigenvalue weighted by Gasteiger charge is 2.08. The second-order valence-corrected chi connectivity index (χ2v) is 4.94. The highest BCUT2D eigenvalue weighted by molar-refractivity contribution is 7.99. The Hall–Kier alpha value is -1.42. The molecular weight excluding hydrogens is 218 g/mol. The molecule has 0 spiro atoms. The zero-order chi connectivity index (χ0) is 11.7. The number of hydrogen-bond donors (Lipinski definition) is 2. The molecule has 0 atom stereocenters. The molecule has 0 bridgehead atoms. The van der Waals surface area contributed by atoms with Crippen LogP contribution < -0.4 is 5.73 Å². The molecule has 0 aliphatic heterocycles. The number of nitrogens with one attached hydrogen (secondary N) is 1. The molecule has 0 radical (unpaired) electrons.